The number of alkyl halides is 3. The molecule has 1 aliphatic heterocycles. The van der Waals surface area contributed by atoms with Crippen LogP contribution in [0.1, 0.15) is 30.3 Å². The fourth-order valence-electron chi connectivity index (χ4n) is 2.89. The smallest absolute Gasteiger partial charge is 0.353 e. The second kappa shape index (κ2) is 6.33. The Bertz CT molecular complexity index is 782. The van der Waals surface area contributed by atoms with Gasteiger partial charge in [-0.15, -0.1) is 0 Å². The Balaban J connectivity index is 1.52. The molecule has 138 valence electrons. The van der Waals surface area contributed by atoms with Crippen LogP contribution in [0.5, 0.6) is 0 Å². The summed E-state index contributed by atoms with van der Waals surface area (Å²) in [7, 11) is 0. The molecule has 0 atom stereocenters. The van der Waals surface area contributed by atoms with Gasteiger partial charge in [-0.2, -0.15) is 13.2 Å². The normalized spacial score (nSPS) is 18.3. The Hall–Kier alpha value is -2.52. The average Bonchev–Trinajstić information content (AvgIpc) is 3.47. The zero-order valence-corrected chi connectivity index (χ0v) is 13.7. The lowest BCUT2D eigenvalue weighted by molar-refractivity contribution is -0.141. The fourth-order valence-corrected chi connectivity index (χ4v) is 2.89. The number of hydrogen-bond donors (Lipinski definition) is 0. The molecular formula is C16H16F4N6. The zero-order chi connectivity index (χ0) is 18.3. The van der Waals surface area contributed by atoms with Gasteiger partial charge < -0.3 is 9.80 Å². The summed E-state index contributed by atoms with van der Waals surface area (Å²) in [5, 5.41) is 0. The van der Waals surface area contributed by atoms with Crippen LogP contribution in [0.2, 0.25) is 0 Å². The molecule has 3 heterocycles. The third-order valence-electron chi connectivity index (χ3n) is 4.46. The highest BCUT2D eigenvalue weighted by molar-refractivity contribution is 5.44. The van der Waals surface area contributed by atoms with Crippen molar-refractivity contribution in [3.05, 3.63) is 35.8 Å². The molecular weight excluding hydrogens is 352 g/mol. The molecule has 1 aliphatic carbocycles. The van der Waals surface area contributed by atoms with Crippen LogP contribution in [0, 0.1) is 5.82 Å². The quantitative estimate of drug-likeness (QED) is 0.777. The Morgan fingerprint density at radius 1 is 0.923 bits per heavy atom. The first-order chi connectivity index (χ1) is 12.4. The maximum Gasteiger partial charge on any atom is 0.433 e. The molecule has 0 aromatic carbocycles. The van der Waals surface area contributed by atoms with E-state index in [1.165, 1.54) is 0 Å². The van der Waals surface area contributed by atoms with Gasteiger partial charge in [0.2, 0.25) is 5.95 Å². The SMILES string of the molecule is Fc1cnc(N2CCN(c3cc(C(F)(F)F)nc(C4CC4)n3)CC2)nc1. The van der Waals surface area contributed by atoms with Crippen molar-refractivity contribution in [3.8, 4) is 0 Å². The summed E-state index contributed by atoms with van der Waals surface area (Å²) in [6.45, 7) is 1.96. The molecule has 2 fully saturated rings. The van der Waals surface area contributed by atoms with Crippen molar-refractivity contribution >= 4 is 11.8 Å². The van der Waals surface area contributed by atoms with Crippen LogP contribution in [-0.2, 0) is 6.18 Å². The van der Waals surface area contributed by atoms with E-state index in [0.717, 1.165) is 31.3 Å². The van der Waals surface area contributed by atoms with Crippen LogP contribution in [0.3, 0.4) is 0 Å². The van der Waals surface area contributed by atoms with Crippen LogP contribution >= 0.6 is 0 Å². The van der Waals surface area contributed by atoms with E-state index in [2.05, 4.69) is 19.9 Å². The molecule has 0 unspecified atom stereocenters. The van der Waals surface area contributed by atoms with E-state index in [-0.39, 0.29) is 11.7 Å². The lowest BCUT2D eigenvalue weighted by Gasteiger charge is -2.35. The molecule has 0 radical (unpaired) electrons. The second-order valence-electron chi connectivity index (χ2n) is 6.42. The number of piperazine rings is 1. The topological polar surface area (TPSA) is 58.0 Å². The van der Waals surface area contributed by atoms with Crippen molar-refractivity contribution < 1.29 is 17.6 Å². The van der Waals surface area contributed by atoms with Crippen LogP contribution < -0.4 is 9.80 Å². The van der Waals surface area contributed by atoms with E-state index in [1.54, 1.807) is 0 Å². The maximum atomic E-state index is 13.2. The van der Waals surface area contributed by atoms with Crippen molar-refractivity contribution in [2.24, 2.45) is 0 Å². The summed E-state index contributed by atoms with van der Waals surface area (Å²) >= 11 is 0. The van der Waals surface area contributed by atoms with Crippen molar-refractivity contribution in [3.63, 3.8) is 0 Å². The molecule has 2 aliphatic rings. The number of rotatable bonds is 3. The van der Waals surface area contributed by atoms with E-state index < -0.39 is 17.7 Å². The van der Waals surface area contributed by atoms with Gasteiger partial charge in [0.05, 0.1) is 12.4 Å². The van der Waals surface area contributed by atoms with Gasteiger partial charge in [0.15, 0.2) is 5.82 Å². The number of halogens is 4. The summed E-state index contributed by atoms with van der Waals surface area (Å²) in [5.41, 5.74) is -0.895. The summed E-state index contributed by atoms with van der Waals surface area (Å²) in [6, 6.07) is 1.01. The zero-order valence-electron chi connectivity index (χ0n) is 13.7. The van der Waals surface area contributed by atoms with Gasteiger partial charge in [-0.05, 0) is 12.8 Å². The van der Waals surface area contributed by atoms with E-state index in [1.807, 2.05) is 9.80 Å². The molecule has 0 amide bonds. The first-order valence-corrected chi connectivity index (χ1v) is 8.34. The Kier molecular flexibility index (Phi) is 4.12. The van der Waals surface area contributed by atoms with E-state index >= 15 is 0 Å². The Labute approximate surface area is 146 Å². The Morgan fingerprint density at radius 2 is 1.54 bits per heavy atom. The molecule has 2 aromatic rings. The van der Waals surface area contributed by atoms with Gasteiger partial charge in [0.25, 0.3) is 0 Å². The maximum absolute atomic E-state index is 13.2. The van der Waals surface area contributed by atoms with Crippen molar-refractivity contribution in [2.45, 2.75) is 24.9 Å². The molecule has 26 heavy (non-hydrogen) atoms. The van der Waals surface area contributed by atoms with Crippen LogP contribution in [0.25, 0.3) is 0 Å². The highest BCUT2D eigenvalue weighted by atomic mass is 19.4. The van der Waals surface area contributed by atoms with Crippen molar-refractivity contribution in [1.82, 2.24) is 19.9 Å². The minimum absolute atomic E-state index is 0.0324. The number of nitrogens with zero attached hydrogens (tertiary/aromatic N) is 6. The van der Waals surface area contributed by atoms with Gasteiger partial charge in [-0.25, -0.2) is 24.3 Å². The fraction of sp³-hybridized carbons (Fsp3) is 0.500. The molecule has 6 nitrogen and oxygen atoms in total. The third kappa shape index (κ3) is 3.54. The van der Waals surface area contributed by atoms with Crippen molar-refractivity contribution in [2.75, 3.05) is 36.0 Å². The predicted molar refractivity (Wildman–Crippen MR) is 85.4 cm³/mol. The summed E-state index contributed by atoms with van der Waals surface area (Å²) < 4.78 is 52.4. The summed E-state index contributed by atoms with van der Waals surface area (Å²) in [6.07, 6.45) is -0.648. The first kappa shape index (κ1) is 16.9. The van der Waals surface area contributed by atoms with Gasteiger partial charge in [0.1, 0.15) is 17.3 Å². The van der Waals surface area contributed by atoms with E-state index in [9.17, 15) is 17.6 Å². The van der Waals surface area contributed by atoms with Crippen LogP contribution in [0.15, 0.2) is 18.5 Å². The molecule has 2 aromatic heterocycles. The predicted octanol–water partition coefficient (Wildman–Crippen LogP) is 2.63. The van der Waals surface area contributed by atoms with E-state index in [0.29, 0.717) is 37.9 Å². The monoisotopic (exact) mass is 368 g/mol. The van der Waals surface area contributed by atoms with E-state index in [4.69, 9.17) is 0 Å². The highest BCUT2D eigenvalue weighted by Crippen LogP contribution is 2.40. The molecule has 4 rings (SSSR count). The van der Waals surface area contributed by atoms with Crippen molar-refractivity contribution in [1.29, 1.82) is 0 Å². The highest BCUT2D eigenvalue weighted by Gasteiger charge is 2.37. The summed E-state index contributed by atoms with van der Waals surface area (Å²) in [5.74, 6) is 0.502. The van der Waals surface area contributed by atoms with Gasteiger partial charge >= 0.3 is 6.18 Å². The minimum Gasteiger partial charge on any atom is -0.353 e. The lowest BCUT2D eigenvalue weighted by atomic mass is 10.2. The molecule has 0 spiro atoms. The number of aromatic nitrogens is 4. The molecule has 10 heteroatoms. The van der Waals surface area contributed by atoms with Crippen LogP contribution in [-0.4, -0.2) is 46.1 Å². The first-order valence-electron chi connectivity index (χ1n) is 8.34. The van der Waals surface area contributed by atoms with Gasteiger partial charge in [0, 0.05) is 38.2 Å². The number of anilines is 2. The summed E-state index contributed by atoms with van der Waals surface area (Å²) in [4.78, 5) is 19.6. The average molecular weight is 368 g/mol. The molecule has 1 saturated heterocycles. The molecule has 1 saturated carbocycles. The number of hydrogen-bond acceptors (Lipinski definition) is 6. The minimum atomic E-state index is -4.49. The lowest BCUT2D eigenvalue weighted by Crippen LogP contribution is -2.47. The Morgan fingerprint density at radius 3 is 2.12 bits per heavy atom. The largest absolute Gasteiger partial charge is 0.433 e. The second-order valence-corrected chi connectivity index (χ2v) is 6.42. The van der Waals surface area contributed by atoms with Gasteiger partial charge in [-0.1, -0.05) is 0 Å². The molecule has 0 N–H and O–H groups in total. The standard InChI is InChI=1S/C16H16F4N6/c17-11-8-21-15(22-9-11)26-5-3-25(4-6-26)13-7-12(16(18,19)20)23-14(24-13)10-1-2-10/h7-10H,1-6H2. The van der Waals surface area contributed by atoms with Gasteiger partial charge in [-0.3, -0.25) is 0 Å². The third-order valence-corrected chi connectivity index (χ3v) is 4.46. The molecule has 0 bridgehead atoms. The van der Waals surface area contributed by atoms with Crippen LogP contribution in [0.4, 0.5) is 29.3 Å².